The van der Waals surface area contributed by atoms with Gasteiger partial charge in [0.1, 0.15) is 0 Å². The lowest BCUT2D eigenvalue weighted by Gasteiger charge is -2.26. The van der Waals surface area contributed by atoms with Crippen LogP contribution in [0.4, 0.5) is 22.7 Å². The zero-order chi connectivity index (χ0) is 62.4. The Balaban J connectivity index is 1.24. The topological polar surface area (TPSA) is 89.8 Å². The highest BCUT2D eigenvalue weighted by Gasteiger charge is 2.28. The van der Waals surface area contributed by atoms with Gasteiger partial charge in [0, 0.05) is 33.2 Å². The number of nitrogens with zero attached hydrogens (tertiary/aromatic N) is 10. The van der Waals surface area contributed by atoms with E-state index in [2.05, 4.69) is 190 Å². The SMILES string of the molecule is [C-]#[N+]c1cccc(-c2ccc(-n3c4ccc([N+]#[C-])cc4c4cc([N+]#[C-])ccc43)c(-c3cc(-c4nc(-c5cc(C(C)(C)C)cc(C(C)(C)C)c5)nc(-c5cc(C(C)(C)C)cc(C(C)(C)C)c5)n4)ccc3-n3c4ccc(C#N)cc4c4cc([N+]#[C-])ccc43)c2)c1. The van der Waals surface area contributed by atoms with Crippen molar-refractivity contribution in [3.63, 3.8) is 0 Å². The molecule has 426 valence electrons. The Morgan fingerprint density at radius 3 is 1.07 bits per heavy atom. The van der Waals surface area contributed by atoms with Crippen molar-refractivity contribution in [3.8, 4) is 73.9 Å². The van der Waals surface area contributed by atoms with Crippen molar-refractivity contribution in [2.24, 2.45) is 0 Å². The van der Waals surface area contributed by atoms with E-state index in [4.69, 9.17) is 41.2 Å². The smallest absolute Gasteiger partial charge is 0.188 e. The molecule has 9 aromatic carbocycles. The summed E-state index contributed by atoms with van der Waals surface area (Å²) in [7, 11) is 0. The third kappa shape index (κ3) is 10.4. The molecule has 0 bridgehead atoms. The third-order valence-corrected chi connectivity index (χ3v) is 16.8. The van der Waals surface area contributed by atoms with E-state index < -0.39 is 0 Å². The highest BCUT2D eigenvalue weighted by Crippen LogP contribution is 2.46. The summed E-state index contributed by atoms with van der Waals surface area (Å²) < 4.78 is 4.43. The van der Waals surface area contributed by atoms with E-state index in [1.807, 2.05) is 97.1 Å². The monoisotopic (exact) mass is 1140 g/mol. The zero-order valence-corrected chi connectivity index (χ0v) is 51.6. The summed E-state index contributed by atoms with van der Waals surface area (Å²) in [5, 5.41) is 13.6. The number of fused-ring (bicyclic) bond motifs is 6. The molecule has 3 aromatic heterocycles. The van der Waals surface area contributed by atoms with Crippen molar-refractivity contribution in [2.45, 2.75) is 105 Å². The lowest BCUT2D eigenvalue weighted by atomic mass is 9.79. The predicted molar refractivity (Wildman–Crippen MR) is 360 cm³/mol. The minimum atomic E-state index is -0.193. The summed E-state index contributed by atoms with van der Waals surface area (Å²) in [4.78, 5) is 32.0. The number of nitriles is 1. The molecule has 0 saturated heterocycles. The van der Waals surface area contributed by atoms with E-state index in [1.54, 1.807) is 0 Å². The maximum atomic E-state index is 10.3. The lowest BCUT2D eigenvalue weighted by Crippen LogP contribution is -2.17. The van der Waals surface area contributed by atoms with Crippen molar-refractivity contribution < 1.29 is 0 Å². The van der Waals surface area contributed by atoms with Crippen LogP contribution in [0.5, 0.6) is 0 Å². The third-order valence-electron chi connectivity index (χ3n) is 16.8. The number of benzene rings is 9. The standard InChI is InChI=1S/C78H64N10/c1-75(2,3)52-33-50(34-53(40-52)76(4,5)6)73-84-72(85-74(86-73)51-35-54(77(7,8)9)41-55(36-51)78(10,11)12)49-22-28-68(87-66-26-20-46(45-79)32-60(66)63-42-57(81-14)23-29-69(63)87)62(39-49)61-38-48(47-18-17-19-56(37-47)80-13)21-27-67(61)88-70-30-24-58(82-15)43-64(70)65-44-59(83-16)25-31-71(65)88/h17-44H,1-12H3. The van der Waals surface area contributed by atoms with Gasteiger partial charge in [-0.15, -0.1) is 0 Å². The Morgan fingerprint density at radius 2 is 0.682 bits per heavy atom. The largest absolute Gasteiger partial charge is 0.309 e. The number of hydrogen-bond acceptors (Lipinski definition) is 4. The first kappa shape index (κ1) is 57.5. The van der Waals surface area contributed by atoms with Gasteiger partial charge in [0.05, 0.1) is 71.4 Å². The molecule has 0 atom stereocenters. The molecule has 10 nitrogen and oxygen atoms in total. The number of hydrogen-bond donors (Lipinski definition) is 0. The second-order valence-electron chi connectivity index (χ2n) is 27.0. The van der Waals surface area contributed by atoms with Gasteiger partial charge in [-0.1, -0.05) is 138 Å². The van der Waals surface area contributed by atoms with Crippen LogP contribution in [-0.4, -0.2) is 24.1 Å². The molecule has 0 unspecified atom stereocenters. The van der Waals surface area contributed by atoms with Crippen LogP contribution in [0.15, 0.2) is 170 Å². The van der Waals surface area contributed by atoms with Crippen LogP contribution in [-0.2, 0) is 21.7 Å². The molecular formula is C78H64N10. The predicted octanol–water partition coefficient (Wildman–Crippen LogP) is 21.7. The summed E-state index contributed by atoms with van der Waals surface area (Å²) in [6.07, 6.45) is 0. The first-order valence-corrected chi connectivity index (χ1v) is 29.4. The first-order valence-electron chi connectivity index (χ1n) is 29.4. The van der Waals surface area contributed by atoms with Crippen LogP contribution in [0.2, 0.25) is 0 Å². The van der Waals surface area contributed by atoms with Gasteiger partial charge in [-0.3, -0.25) is 0 Å². The fourth-order valence-corrected chi connectivity index (χ4v) is 11.8. The van der Waals surface area contributed by atoms with Crippen LogP contribution in [0, 0.1) is 37.6 Å². The second-order valence-corrected chi connectivity index (χ2v) is 27.0. The molecule has 0 aliphatic carbocycles. The molecule has 12 rings (SSSR count). The van der Waals surface area contributed by atoms with Crippen LogP contribution >= 0.6 is 0 Å². The number of aromatic nitrogens is 5. The van der Waals surface area contributed by atoms with Crippen molar-refractivity contribution in [1.29, 1.82) is 5.26 Å². The maximum absolute atomic E-state index is 10.3. The Bertz CT molecular complexity index is 4840. The van der Waals surface area contributed by atoms with Gasteiger partial charge in [0.15, 0.2) is 40.2 Å². The van der Waals surface area contributed by atoms with Crippen LogP contribution in [0.25, 0.3) is 131 Å². The van der Waals surface area contributed by atoms with Crippen LogP contribution in [0.3, 0.4) is 0 Å². The molecule has 3 heterocycles. The molecule has 12 aromatic rings. The summed E-state index contributed by atoms with van der Waals surface area (Å²) in [6, 6.07) is 59.1. The van der Waals surface area contributed by atoms with Crippen molar-refractivity contribution in [3.05, 3.63) is 243 Å². The molecule has 0 aliphatic heterocycles. The highest BCUT2D eigenvalue weighted by molar-refractivity contribution is 6.13. The minimum Gasteiger partial charge on any atom is -0.309 e. The van der Waals surface area contributed by atoms with Gasteiger partial charge >= 0.3 is 0 Å². The normalized spacial score (nSPS) is 12.0. The van der Waals surface area contributed by atoms with Crippen molar-refractivity contribution in [1.82, 2.24) is 24.1 Å². The highest BCUT2D eigenvalue weighted by atomic mass is 15.0. The van der Waals surface area contributed by atoms with E-state index in [9.17, 15) is 5.26 Å². The Morgan fingerprint density at radius 1 is 0.341 bits per heavy atom. The maximum Gasteiger partial charge on any atom is 0.188 e. The zero-order valence-electron chi connectivity index (χ0n) is 51.6. The van der Waals surface area contributed by atoms with Gasteiger partial charge in [0.2, 0.25) is 0 Å². The van der Waals surface area contributed by atoms with E-state index in [0.717, 1.165) is 93.9 Å². The van der Waals surface area contributed by atoms with Crippen molar-refractivity contribution in [2.75, 3.05) is 0 Å². The Hall–Kier alpha value is -11.0. The lowest BCUT2D eigenvalue weighted by molar-refractivity contribution is 0.568. The minimum absolute atomic E-state index is 0.193. The first-order chi connectivity index (χ1) is 41.8. The summed E-state index contributed by atoms with van der Waals surface area (Å²) >= 11 is 0. The van der Waals surface area contributed by atoms with Gasteiger partial charge in [-0.2, -0.15) is 5.26 Å². The van der Waals surface area contributed by atoms with Gasteiger partial charge < -0.3 is 9.13 Å². The quantitative estimate of drug-likeness (QED) is 0.149. The van der Waals surface area contributed by atoms with Gasteiger partial charge in [-0.25, -0.2) is 34.3 Å². The van der Waals surface area contributed by atoms with Gasteiger partial charge in [0.25, 0.3) is 0 Å². The molecule has 0 aliphatic rings. The Labute approximate surface area is 515 Å². The fourth-order valence-electron chi connectivity index (χ4n) is 11.8. The number of rotatable bonds is 7. The molecule has 0 saturated carbocycles. The molecule has 0 N–H and O–H groups in total. The van der Waals surface area contributed by atoms with Crippen molar-refractivity contribution >= 4 is 66.4 Å². The second kappa shape index (κ2) is 21.2. The van der Waals surface area contributed by atoms with E-state index in [0.29, 0.717) is 45.8 Å². The van der Waals surface area contributed by atoms with Crippen LogP contribution in [0.1, 0.15) is 111 Å². The van der Waals surface area contributed by atoms with E-state index in [-0.39, 0.29) is 21.7 Å². The van der Waals surface area contributed by atoms with E-state index in [1.165, 1.54) is 22.3 Å². The molecule has 0 radical (unpaired) electrons. The summed E-state index contributed by atoms with van der Waals surface area (Å²) in [5.74, 6) is 1.54. The Kier molecular flexibility index (Phi) is 13.9. The van der Waals surface area contributed by atoms with Gasteiger partial charge in [-0.05, 0) is 186 Å². The average molecular weight is 1140 g/mol. The van der Waals surface area contributed by atoms with Crippen LogP contribution < -0.4 is 0 Å². The summed E-state index contributed by atoms with van der Waals surface area (Å²) in [5.41, 5.74) is 17.0. The average Bonchev–Trinajstić information content (AvgIpc) is 1.59. The summed E-state index contributed by atoms with van der Waals surface area (Å²) in [6.45, 7) is 59.1. The van der Waals surface area contributed by atoms with E-state index >= 15 is 0 Å². The molecule has 0 spiro atoms. The molecule has 0 amide bonds. The molecule has 0 fully saturated rings. The molecule has 10 heteroatoms. The molecular weight excluding hydrogens is 1080 g/mol. The molecule has 88 heavy (non-hydrogen) atoms. The fraction of sp³-hybridized carbons (Fsp3) is 0.205.